The van der Waals surface area contributed by atoms with Crippen molar-refractivity contribution in [3.63, 3.8) is 0 Å². The number of carboxylic acid groups (broad SMARTS) is 1. The minimum absolute atomic E-state index is 0.133. The number of carbonyl (C=O) groups excluding carboxylic acids is 1. The first-order valence-electron chi connectivity index (χ1n) is 6.28. The minimum atomic E-state index is -0.951. The predicted molar refractivity (Wildman–Crippen MR) is 86.9 cm³/mol. The Balaban J connectivity index is 2.05. The molecule has 0 fully saturated rings. The molecule has 0 saturated carbocycles. The van der Waals surface area contributed by atoms with Crippen LogP contribution in [0.2, 0.25) is 10.0 Å². The molecule has 0 radical (unpaired) electrons. The second-order valence-electron chi connectivity index (χ2n) is 4.44. The lowest BCUT2D eigenvalue weighted by Gasteiger charge is -2.10. The highest BCUT2D eigenvalue weighted by atomic mass is 35.5. The van der Waals surface area contributed by atoms with E-state index in [-0.39, 0.29) is 11.4 Å². The van der Waals surface area contributed by atoms with E-state index in [1.54, 1.807) is 36.4 Å². The molecule has 7 heteroatoms. The summed E-state index contributed by atoms with van der Waals surface area (Å²) in [7, 11) is 0. The first-order valence-corrected chi connectivity index (χ1v) is 7.04. The van der Waals surface area contributed by atoms with Gasteiger partial charge in [0.15, 0.2) is 0 Å². The van der Waals surface area contributed by atoms with E-state index in [0.717, 1.165) is 0 Å². The summed E-state index contributed by atoms with van der Waals surface area (Å²) in [6.45, 7) is 0. The molecule has 22 heavy (non-hydrogen) atoms. The molecule has 2 aromatic carbocycles. The van der Waals surface area contributed by atoms with Crippen molar-refractivity contribution in [3.8, 4) is 0 Å². The maximum absolute atomic E-state index is 11.9. The lowest BCUT2D eigenvalue weighted by Crippen LogP contribution is -2.19. The topological polar surface area (TPSA) is 78.4 Å². The largest absolute Gasteiger partial charge is 0.481 e. The van der Waals surface area contributed by atoms with Gasteiger partial charge in [-0.3, -0.25) is 4.79 Å². The van der Waals surface area contributed by atoms with E-state index >= 15 is 0 Å². The fourth-order valence-electron chi connectivity index (χ4n) is 1.78. The molecule has 2 aromatic rings. The minimum Gasteiger partial charge on any atom is -0.481 e. The van der Waals surface area contributed by atoms with Crippen molar-refractivity contribution in [2.24, 2.45) is 0 Å². The number of aliphatic carboxylic acids is 1. The van der Waals surface area contributed by atoms with E-state index in [1.807, 2.05) is 0 Å². The van der Waals surface area contributed by atoms with Gasteiger partial charge in [0.25, 0.3) is 0 Å². The SMILES string of the molecule is O=C(O)Cc1ccc(NC(=O)Nc2ccccc2Cl)c(Cl)c1. The van der Waals surface area contributed by atoms with Crippen LogP contribution >= 0.6 is 23.2 Å². The summed E-state index contributed by atoms with van der Waals surface area (Å²) in [6.07, 6.45) is -0.133. The van der Waals surface area contributed by atoms with Crippen molar-refractivity contribution in [2.45, 2.75) is 6.42 Å². The zero-order valence-electron chi connectivity index (χ0n) is 11.3. The van der Waals surface area contributed by atoms with Gasteiger partial charge >= 0.3 is 12.0 Å². The van der Waals surface area contributed by atoms with Crippen molar-refractivity contribution >= 4 is 46.6 Å². The summed E-state index contributed by atoms with van der Waals surface area (Å²) in [5.74, 6) is -0.951. The molecule has 0 bridgehead atoms. The Morgan fingerprint density at radius 1 is 0.955 bits per heavy atom. The fourth-order valence-corrected chi connectivity index (χ4v) is 2.22. The van der Waals surface area contributed by atoms with Gasteiger partial charge in [-0.15, -0.1) is 0 Å². The Labute approximate surface area is 136 Å². The van der Waals surface area contributed by atoms with E-state index in [0.29, 0.717) is 22.0 Å². The summed E-state index contributed by atoms with van der Waals surface area (Å²) < 4.78 is 0. The van der Waals surface area contributed by atoms with Crippen LogP contribution in [-0.2, 0) is 11.2 Å². The first-order chi connectivity index (χ1) is 10.5. The summed E-state index contributed by atoms with van der Waals surface area (Å²) in [5.41, 5.74) is 1.40. The number of rotatable bonds is 4. The maximum atomic E-state index is 11.9. The number of urea groups is 1. The number of nitrogens with one attached hydrogen (secondary N) is 2. The van der Waals surface area contributed by atoms with Crippen molar-refractivity contribution in [1.82, 2.24) is 0 Å². The maximum Gasteiger partial charge on any atom is 0.323 e. The molecule has 0 saturated heterocycles. The molecule has 0 aromatic heterocycles. The van der Waals surface area contributed by atoms with E-state index in [2.05, 4.69) is 10.6 Å². The third-order valence-corrected chi connectivity index (χ3v) is 3.40. The molecule has 0 unspecified atom stereocenters. The number of hydrogen-bond donors (Lipinski definition) is 3. The highest BCUT2D eigenvalue weighted by Gasteiger charge is 2.09. The smallest absolute Gasteiger partial charge is 0.323 e. The molecule has 0 atom stereocenters. The Morgan fingerprint density at radius 3 is 2.18 bits per heavy atom. The van der Waals surface area contributed by atoms with Gasteiger partial charge in [0.2, 0.25) is 0 Å². The average molecular weight is 339 g/mol. The molecular formula is C15H12Cl2N2O3. The van der Waals surface area contributed by atoms with Crippen molar-refractivity contribution in [1.29, 1.82) is 0 Å². The Bertz CT molecular complexity index is 720. The number of amides is 2. The molecule has 0 heterocycles. The molecule has 2 rings (SSSR count). The second kappa shape index (κ2) is 7.15. The number of para-hydroxylation sites is 1. The van der Waals surface area contributed by atoms with Crippen molar-refractivity contribution in [3.05, 3.63) is 58.1 Å². The number of hydrogen-bond acceptors (Lipinski definition) is 2. The molecular weight excluding hydrogens is 327 g/mol. The lowest BCUT2D eigenvalue weighted by molar-refractivity contribution is -0.136. The number of halogens is 2. The molecule has 3 N–H and O–H groups in total. The second-order valence-corrected chi connectivity index (χ2v) is 5.26. The lowest BCUT2D eigenvalue weighted by atomic mass is 10.1. The van der Waals surface area contributed by atoms with E-state index in [4.69, 9.17) is 28.3 Å². The van der Waals surface area contributed by atoms with Gasteiger partial charge < -0.3 is 15.7 Å². The van der Waals surface area contributed by atoms with Gasteiger partial charge in [0.05, 0.1) is 27.8 Å². The van der Waals surface area contributed by atoms with Gasteiger partial charge in [-0.25, -0.2) is 4.79 Å². The molecule has 2 amide bonds. The van der Waals surface area contributed by atoms with Crippen molar-refractivity contribution < 1.29 is 14.7 Å². The zero-order chi connectivity index (χ0) is 16.1. The number of carboxylic acids is 1. The highest BCUT2D eigenvalue weighted by molar-refractivity contribution is 6.34. The zero-order valence-corrected chi connectivity index (χ0v) is 12.8. The Kier molecular flexibility index (Phi) is 5.25. The summed E-state index contributed by atoms with van der Waals surface area (Å²) in [4.78, 5) is 22.6. The van der Waals surface area contributed by atoms with Crippen LogP contribution in [0.15, 0.2) is 42.5 Å². The molecule has 0 aliphatic carbocycles. The summed E-state index contributed by atoms with van der Waals surface area (Å²) in [5, 5.41) is 14.6. The monoisotopic (exact) mass is 338 g/mol. The van der Waals surface area contributed by atoms with Gasteiger partial charge in [-0.2, -0.15) is 0 Å². The molecule has 0 aliphatic rings. The number of carbonyl (C=O) groups is 2. The van der Waals surface area contributed by atoms with Crippen LogP contribution in [-0.4, -0.2) is 17.1 Å². The van der Waals surface area contributed by atoms with E-state index < -0.39 is 12.0 Å². The van der Waals surface area contributed by atoms with Crippen molar-refractivity contribution in [2.75, 3.05) is 10.6 Å². The average Bonchev–Trinajstić information content (AvgIpc) is 2.44. The number of benzene rings is 2. The van der Waals surface area contributed by atoms with E-state index in [1.165, 1.54) is 6.07 Å². The molecule has 5 nitrogen and oxygen atoms in total. The third-order valence-electron chi connectivity index (χ3n) is 2.76. The Morgan fingerprint density at radius 2 is 1.59 bits per heavy atom. The summed E-state index contributed by atoms with van der Waals surface area (Å²) in [6, 6.07) is 11.0. The molecule has 0 spiro atoms. The normalized spacial score (nSPS) is 10.1. The number of anilines is 2. The fraction of sp³-hybridized carbons (Fsp3) is 0.0667. The van der Waals surface area contributed by atoms with Crippen LogP contribution in [0.4, 0.5) is 16.2 Å². The quantitative estimate of drug-likeness (QED) is 0.779. The Hall–Kier alpha value is -2.24. The summed E-state index contributed by atoms with van der Waals surface area (Å²) >= 11 is 12.0. The molecule has 114 valence electrons. The van der Waals surface area contributed by atoms with Crippen LogP contribution in [0.5, 0.6) is 0 Å². The van der Waals surface area contributed by atoms with Gasteiger partial charge in [-0.1, -0.05) is 41.4 Å². The van der Waals surface area contributed by atoms with Crippen LogP contribution < -0.4 is 10.6 Å². The van der Waals surface area contributed by atoms with Crippen LogP contribution in [0.3, 0.4) is 0 Å². The first kappa shape index (κ1) is 16.1. The third kappa shape index (κ3) is 4.38. The predicted octanol–water partition coefficient (Wildman–Crippen LogP) is 4.26. The van der Waals surface area contributed by atoms with Crippen LogP contribution in [0, 0.1) is 0 Å². The van der Waals surface area contributed by atoms with Gasteiger partial charge in [0.1, 0.15) is 0 Å². The van der Waals surface area contributed by atoms with Gasteiger partial charge in [-0.05, 0) is 29.8 Å². The van der Waals surface area contributed by atoms with Gasteiger partial charge in [0, 0.05) is 0 Å². The van der Waals surface area contributed by atoms with Crippen LogP contribution in [0.1, 0.15) is 5.56 Å². The van der Waals surface area contributed by atoms with E-state index in [9.17, 15) is 9.59 Å². The van der Waals surface area contributed by atoms with Crippen LogP contribution in [0.25, 0.3) is 0 Å². The molecule has 0 aliphatic heterocycles. The highest BCUT2D eigenvalue weighted by Crippen LogP contribution is 2.25. The standard InChI is InChI=1S/C15H12Cl2N2O3/c16-10-3-1-2-4-12(10)18-15(22)19-13-6-5-9(7-11(13)17)8-14(20)21/h1-7H,8H2,(H,20,21)(H2,18,19,22).